The summed E-state index contributed by atoms with van der Waals surface area (Å²) in [5, 5.41) is 2.90. The van der Waals surface area contributed by atoms with Crippen LogP contribution in [0.25, 0.3) is 0 Å². The second-order valence-electron chi connectivity index (χ2n) is 6.66. The van der Waals surface area contributed by atoms with Crippen molar-refractivity contribution in [2.45, 2.75) is 18.9 Å². The molecule has 1 saturated heterocycles. The Morgan fingerprint density at radius 3 is 2.74 bits per heavy atom. The SMILES string of the molecule is O=C(N[C@H]1CC(=O)N(CCc2ccc(F)cc2)C1)c1ccc2c(c1)OCO2. The number of amides is 2. The molecule has 0 radical (unpaired) electrons. The van der Waals surface area contributed by atoms with E-state index in [1.807, 2.05) is 0 Å². The Bertz CT molecular complexity index is 869. The number of likely N-dealkylation sites (tertiary alicyclic amines) is 1. The van der Waals surface area contributed by atoms with Gasteiger partial charge in [-0.15, -0.1) is 0 Å². The van der Waals surface area contributed by atoms with Gasteiger partial charge < -0.3 is 19.7 Å². The van der Waals surface area contributed by atoms with E-state index in [-0.39, 0.29) is 36.9 Å². The summed E-state index contributed by atoms with van der Waals surface area (Å²) in [5.74, 6) is 0.655. The molecule has 1 N–H and O–H groups in total. The molecule has 0 saturated carbocycles. The first-order chi connectivity index (χ1) is 13.1. The summed E-state index contributed by atoms with van der Waals surface area (Å²) in [6, 6.07) is 11.0. The molecule has 0 aliphatic carbocycles. The zero-order chi connectivity index (χ0) is 18.8. The maximum atomic E-state index is 13.0. The Morgan fingerprint density at radius 1 is 1.15 bits per heavy atom. The Hall–Kier alpha value is -3.09. The molecule has 140 valence electrons. The largest absolute Gasteiger partial charge is 0.454 e. The number of fused-ring (bicyclic) bond motifs is 1. The Morgan fingerprint density at radius 2 is 1.93 bits per heavy atom. The van der Waals surface area contributed by atoms with Gasteiger partial charge in [0.25, 0.3) is 5.91 Å². The van der Waals surface area contributed by atoms with Crippen LogP contribution in [0.1, 0.15) is 22.3 Å². The average molecular weight is 370 g/mol. The minimum Gasteiger partial charge on any atom is -0.454 e. The second-order valence-corrected chi connectivity index (χ2v) is 6.66. The summed E-state index contributed by atoms with van der Waals surface area (Å²) >= 11 is 0. The summed E-state index contributed by atoms with van der Waals surface area (Å²) in [6.45, 7) is 1.16. The summed E-state index contributed by atoms with van der Waals surface area (Å²) in [4.78, 5) is 26.4. The van der Waals surface area contributed by atoms with Crippen LogP contribution >= 0.6 is 0 Å². The van der Waals surface area contributed by atoms with E-state index in [0.29, 0.717) is 36.6 Å². The van der Waals surface area contributed by atoms with E-state index in [9.17, 15) is 14.0 Å². The molecule has 0 spiro atoms. The van der Waals surface area contributed by atoms with E-state index >= 15 is 0 Å². The zero-order valence-corrected chi connectivity index (χ0v) is 14.6. The molecule has 2 aliphatic rings. The van der Waals surface area contributed by atoms with Gasteiger partial charge in [0.1, 0.15) is 5.82 Å². The lowest BCUT2D eigenvalue weighted by Gasteiger charge is -2.17. The Balaban J connectivity index is 1.32. The maximum absolute atomic E-state index is 13.0. The van der Waals surface area contributed by atoms with Gasteiger partial charge in [0.05, 0.1) is 6.04 Å². The monoisotopic (exact) mass is 370 g/mol. The molecule has 27 heavy (non-hydrogen) atoms. The van der Waals surface area contributed by atoms with E-state index in [4.69, 9.17) is 9.47 Å². The standard InChI is InChI=1S/C20H19FN2O4/c21-15-4-1-13(2-5-15)7-8-23-11-16(10-19(23)24)22-20(25)14-3-6-17-18(9-14)27-12-26-17/h1-6,9,16H,7-8,10-12H2,(H,22,25)/t16-/m0/s1. The van der Waals surface area contributed by atoms with Gasteiger partial charge in [-0.1, -0.05) is 12.1 Å². The Labute approximate surface area is 155 Å². The molecule has 2 aromatic rings. The number of carbonyl (C=O) groups is 2. The molecule has 7 heteroatoms. The van der Waals surface area contributed by atoms with Gasteiger partial charge in [0.2, 0.25) is 12.7 Å². The highest BCUT2D eigenvalue weighted by atomic mass is 19.1. The van der Waals surface area contributed by atoms with Crippen LogP contribution in [0.3, 0.4) is 0 Å². The summed E-state index contributed by atoms with van der Waals surface area (Å²) in [5.41, 5.74) is 1.44. The number of rotatable bonds is 5. The fourth-order valence-corrected chi connectivity index (χ4v) is 3.31. The average Bonchev–Trinajstić information content (AvgIpc) is 3.26. The third-order valence-electron chi connectivity index (χ3n) is 4.77. The number of halogens is 1. The fraction of sp³-hybridized carbons (Fsp3) is 0.300. The first kappa shape index (κ1) is 17.3. The van der Waals surface area contributed by atoms with Gasteiger partial charge in [-0.2, -0.15) is 0 Å². The van der Waals surface area contributed by atoms with E-state index in [1.54, 1.807) is 35.2 Å². The second kappa shape index (κ2) is 7.26. The number of benzene rings is 2. The summed E-state index contributed by atoms with van der Waals surface area (Å²) in [6.07, 6.45) is 0.925. The number of hydrogen-bond acceptors (Lipinski definition) is 4. The zero-order valence-electron chi connectivity index (χ0n) is 14.6. The molecule has 1 fully saturated rings. The molecule has 2 aliphatic heterocycles. The minimum absolute atomic E-state index is 0.00750. The molecule has 0 aromatic heterocycles. The van der Waals surface area contributed by atoms with Crippen LogP contribution < -0.4 is 14.8 Å². The molecule has 2 heterocycles. The van der Waals surface area contributed by atoms with E-state index < -0.39 is 0 Å². The Kier molecular flexibility index (Phi) is 4.66. The third kappa shape index (κ3) is 3.86. The number of ether oxygens (including phenoxy) is 2. The van der Waals surface area contributed by atoms with Crippen molar-refractivity contribution in [3.05, 3.63) is 59.4 Å². The summed E-state index contributed by atoms with van der Waals surface area (Å²) in [7, 11) is 0. The fourth-order valence-electron chi connectivity index (χ4n) is 3.31. The minimum atomic E-state index is -0.276. The molecule has 0 unspecified atom stereocenters. The van der Waals surface area contributed by atoms with Crippen molar-refractivity contribution in [3.8, 4) is 11.5 Å². The van der Waals surface area contributed by atoms with Gasteiger partial charge >= 0.3 is 0 Å². The van der Waals surface area contributed by atoms with Crippen molar-refractivity contribution in [1.29, 1.82) is 0 Å². The van der Waals surface area contributed by atoms with E-state index in [1.165, 1.54) is 12.1 Å². The molecular formula is C20H19FN2O4. The van der Waals surface area contributed by atoms with Crippen molar-refractivity contribution in [2.75, 3.05) is 19.9 Å². The smallest absolute Gasteiger partial charge is 0.251 e. The number of carbonyl (C=O) groups excluding carboxylic acids is 2. The lowest BCUT2D eigenvalue weighted by atomic mass is 10.1. The molecular weight excluding hydrogens is 351 g/mol. The van der Waals surface area contributed by atoms with E-state index in [2.05, 4.69) is 5.32 Å². The first-order valence-electron chi connectivity index (χ1n) is 8.81. The predicted molar refractivity (Wildman–Crippen MR) is 95.1 cm³/mol. The molecule has 4 rings (SSSR count). The molecule has 2 aromatic carbocycles. The highest BCUT2D eigenvalue weighted by Crippen LogP contribution is 2.32. The lowest BCUT2D eigenvalue weighted by Crippen LogP contribution is -2.37. The summed E-state index contributed by atoms with van der Waals surface area (Å²) < 4.78 is 23.5. The molecule has 0 bridgehead atoms. The first-order valence-corrected chi connectivity index (χ1v) is 8.81. The van der Waals surface area contributed by atoms with Crippen LogP contribution in [-0.2, 0) is 11.2 Å². The van der Waals surface area contributed by atoms with Gasteiger partial charge in [0, 0.05) is 25.1 Å². The highest BCUT2D eigenvalue weighted by Gasteiger charge is 2.30. The van der Waals surface area contributed by atoms with Crippen LogP contribution in [0.15, 0.2) is 42.5 Å². The van der Waals surface area contributed by atoms with Crippen molar-refractivity contribution in [3.63, 3.8) is 0 Å². The third-order valence-corrected chi connectivity index (χ3v) is 4.77. The van der Waals surface area contributed by atoms with Crippen LogP contribution in [0.4, 0.5) is 4.39 Å². The van der Waals surface area contributed by atoms with Crippen LogP contribution in [0, 0.1) is 5.82 Å². The van der Waals surface area contributed by atoms with Crippen molar-refractivity contribution in [2.24, 2.45) is 0 Å². The lowest BCUT2D eigenvalue weighted by molar-refractivity contribution is -0.127. The van der Waals surface area contributed by atoms with Crippen LogP contribution in [0.5, 0.6) is 11.5 Å². The predicted octanol–water partition coefficient (Wildman–Crippen LogP) is 2.13. The van der Waals surface area contributed by atoms with E-state index in [0.717, 1.165) is 5.56 Å². The van der Waals surface area contributed by atoms with Crippen LogP contribution in [-0.4, -0.2) is 42.6 Å². The van der Waals surface area contributed by atoms with Gasteiger partial charge in [-0.05, 0) is 42.3 Å². The quantitative estimate of drug-likeness (QED) is 0.876. The highest BCUT2D eigenvalue weighted by molar-refractivity contribution is 5.95. The van der Waals surface area contributed by atoms with Gasteiger partial charge in [-0.25, -0.2) is 4.39 Å². The van der Waals surface area contributed by atoms with Crippen LogP contribution in [0.2, 0.25) is 0 Å². The normalized spacial score (nSPS) is 18.0. The maximum Gasteiger partial charge on any atom is 0.251 e. The molecule has 2 amide bonds. The van der Waals surface area contributed by atoms with Gasteiger partial charge in [0.15, 0.2) is 11.5 Å². The van der Waals surface area contributed by atoms with Crippen molar-refractivity contribution in [1.82, 2.24) is 10.2 Å². The number of nitrogens with zero attached hydrogens (tertiary/aromatic N) is 1. The number of hydrogen-bond donors (Lipinski definition) is 1. The molecule has 1 atom stereocenters. The molecule has 6 nitrogen and oxygen atoms in total. The van der Waals surface area contributed by atoms with Gasteiger partial charge in [-0.3, -0.25) is 9.59 Å². The van der Waals surface area contributed by atoms with Crippen molar-refractivity contribution < 1.29 is 23.5 Å². The number of nitrogens with one attached hydrogen (secondary N) is 1. The van der Waals surface area contributed by atoms with Crippen molar-refractivity contribution >= 4 is 11.8 Å². The topological polar surface area (TPSA) is 67.9 Å².